The minimum atomic E-state index is -0.347. The van der Waals surface area contributed by atoms with Crippen LogP contribution in [-0.4, -0.2) is 30.7 Å². The van der Waals surface area contributed by atoms with Crippen molar-refractivity contribution in [3.8, 4) is 0 Å². The van der Waals surface area contributed by atoms with Gasteiger partial charge in [0.1, 0.15) is 11.4 Å². The zero-order chi connectivity index (χ0) is 15.3. The smallest absolute Gasteiger partial charge is 0.162 e. The molecule has 0 aliphatic heterocycles. The van der Waals surface area contributed by atoms with Gasteiger partial charge in [-0.25, -0.2) is 9.97 Å². The Morgan fingerprint density at radius 2 is 2.00 bits per heavy atom. The molecule has 1 N–H and O–H groups in total. The minimum absolute atomic E-state index is 0.347. The second-order valence-corrected chi connectivity index (χ2v) is 5.91. The molecule has 0 saturated heterocycles. The largest absolute Gasteiger partial charge is 0.378 e. The van der Waals surface area contributed by atoms with E-state index < -0.39 is 0 Å². The lowest BCUT2D eigenvalue weighted by molar-refractivity contribution is -0.0599. The van der Waals surface area contributed by atoms with Crippen molar-refractivity contribution < 1.29 is 9.47 Å². The van der Waals surface area contributed by atoms with Gasteiger partial charge in [-0.3, -0.25) is 0 Å². The Hall–Kier alpha value is -1.20. The number of aromatic nitrogens is 2. The lowest BCUT2D eigenvalue weighted by Gasteiger charge is -2.37. The van der Waals surface area contributed by atoms with Crippen LogP contribution >= 0.6 is 0 Å². The average Bonchev–Trinajstić information content (AvgIpc) is 2.49. The third-order valence-electron chi connectivity index (χ3n) is 4.31. The summed E-state index contributed by atoms with van der Waals surface area (Å²) in [6, 6.07) is 1.95. The van der Waals surface area contributed by atoms with E-state index in [2.05, 4.69) is 19.2 Å². The molecule has 0 radical (unpaired) electrons. The molecule has 0 bridgehead atoms. The van der Waals surface area contributed by atoms with Gasteiger partial charge in [0, 0.05) is 26.8 Å². The molecular formula is C16H27N3O2. The van der Waals surface area contributed by atoms with Crippen LogP contribution in [-0.2, 0) is 21.7 Å². The van der Waals surface area contributed by atoms with Gasteiger partial charge in [-0.2, -0.15) is 0 Å². The molecule has 0 atom stereocenters. The van der Waals surface area contributed by atoms with Crippen molar-refractivity contribution in [2.75, 3.05) is 26.1 Å². The Balaban J connectivity index is 2.35. The molecule has 21 heavy (non-hydrogen) atoms. The van der Waals surface area contributed by atoms with Crippen molar-refractivity contribution in [2.45, 2.75) is 51.7 Å². The third-order valence-corrected chi connectivity index (χ3v) is 4.31. The number of hydrogen-bond donors (Lipinski definition) is 1. The third kappa shape index (κ3) is 3.71. The van der Waals surface area contributed by atoms with Crippen LogP contribution in [0.15, 0.2) is 6.07 Å². The molecule has 1 aliphatic carbocycles. The van der Waals surface area contributed by atoms with Gasteiger partial charge in [0.2, 0.25) is 0 Å². The Morgan fingerprint density at radius 3 is 2.57 bits per heavy atom. The number of nitrogens with zero attached hydrogens (tertiary/aromatic N) is 2. The summed E-state index contributed by atoms with van der Waals surface area (Å²) in [6.07, 6.45) is 4.27. The van der Waals surface area contributed by atoms with Crippen LogP contribution in [0.4, 0.5) is 5.82 Å². The van der Waals surface area contributed by atoms with Crippen LogP contribution in [0.3, 0.4) is 0 Å². The molecule has 1 heterocycles. The van der Waals surface area contributed by atoms with E-state index in [0.717, 1.165) is 55.5 Å². The molecule has 0 aromatic carbocycles. The molecular weight excluding hydrogens is 266 g/mol. The second-order valence-electron chi connectivity index (χ2n) is 5.91. The monoisotopic (exact) mass is 293 g/mol. The van der Waals surface area contributed by atoms with Crippen molar-refractivity contribution in [1.82, 2.24) is 9.97 Å². The molecule has 1 saturated carbocycles. The quantitative estimate of drug-likeness (QED) is 0.873. The number of anilines is 1. The zero-order valence-electron chi connectivity index (χ0n) is 13.6. The molecule has 0 spiro atoms. The van der Waals surface area contributed by atoms with Gasteiger partial charge in [-0.05, 0) is 38.5 Å². The van der Waals surface area contributed by atoms with Gasteiger partial charge in [0.15, 0.2) is 5.82 Å². The van der Waals surface area contributed by atoms with Crippen molar-refractivity contribution in [2.24, 2.45) is 5.92 Å². The van der Waals surface area contributed by atoms with Crippen molar-refractivity contribution in [1.29, 1.82) is 0 Å². The van der Waals surface area contributed by atoms with E-state index in [1.807, 2.05) is 6.07 Å². The van der Waals surface area contributed by atoms with Gasteiger partial charge < -0.3 is 14.8 Å². The number of nitrogens with one attached hydrogen (secondary N) is 1. The predicted octanol–water partition coefficient (Wildman–Crippen LogP) is 3.11. The standard InChI is InChI=1S/C16H27N3O2/c1-5-17-14-10-13(11-20-3)18-15(19-14)16(21-4)8-6-12(2)7-9-16/h10,12H,5-9,11H2,1-4H3,(H,17,18,19). The van der Waals surface area contributed by atoms with Crippen molar-refractivity contribution in [3.05, 3.63) is 17.6 Å². The van der Waals surface area contributed by atoms with E-state index in [-0.39, 0.29) is 5.60 Å². The Labute approximate surface area is 127 Å². The van der Waals surface area contributed by atoms with E-state index in [9.17, 15) is 0 Å². The van der Waals surface area contributed by atoms with Crippen LogP contribution in [0.2, 0.25) is 0 Å². The molecule has 1 aliphatic rings. The first-order chi connectivity index (χ1) is 10.1. The lowest BCUT2D eigenvalue weighted by atomic mass is 9.79. The van der Waals surface area contributed by atoms with Gasteiger partial charge in [-0.1, -0.05) is 6.92 Å². The van der Waals surface area contributed by atoms with Crippen molar-refractivity contribution >= 4 is 5.82 Å². The maximum absolute atomic E-state index is 5.89. The van der Waals surface area contributed by atoms with E-state index in [0.29, 0.717) is 6.61 Å². The van der Waals surface area contributed by atoms with Crippen LogP contribution < -0.4 is 5.32 Å². The van der Waals surface area contributed by atoms with Crippen molar-refractivity contribution in [3.63, 3.8) is 0 Å². The van der Waals surface area contributed by atoms with E-state index in [1.165, 1.54) is 0 Å². The molecule has 5 nitrogen and oxygen atoms in total. The molecule has 0 unspecified atom stereocenters. The highest BCUT2D eigenvalue weighted by molar-refractivity contribution is 5.36. The molecule has 1 aromatic rings. The van der Waals surface area contributed by atoms with E-state index in [4.69, 9.17) is 19.4 Å². The van der Waals surface area contributed by atoms with E-state index >= 15 is 0 Å². The number of ether oxygens (including phenoxy) is 2. The molecule has 1 aromatic heterocycles. The second kappa shape index (κ2) is 7.18. The highest BCUT2D eigenvalue weighted by Crippen LogP contribution is 2.40. The fourth-order valence-electron chi connectivity index (χ4n) is 2.94. The number of rotatable bonds is 6. The molecule has 0 amide bonds. The van der Waals surface area contributed by atoms with E-state index in [1.54, 1.807) is 14.2 Å². The minimum Gasteiger partial charge on any atom is -0.378 e. The first-order valence-corrected chi connectivity index (χ1v) is 7.80. The highest BCUT2D eigenvalue weighted by Gasteiger charge is 2.39. The van der Waals surface area contributed by atoms with Gasteiger partial charge >= 0.3 is 0 Å². The molecule has 2 rings (SSSR count). The molecule has 1 fully saturated rings. The first-order valence-electron chi connectivity index (χ1n) is 7.80. The lowest BCUT2D eigenvalue weighted by Crippen LogP contribution is -2.35. The maximum Gasteiger partial charge on any atom is 0.162 e. The SMILES string of the molecule is CCNc1cc(COC)nc(C2(OC)CCC(C)CC2)n1. The number of hydrogen-bond acceptors (Lipinski definition) is 5. The Bertz CT molecular complexity index is 433. The van der Waals surface area contributed by atoms with Crippen LogP contribution in [0, 0.1) is 5.92 Å². The highest BCUT2D eigenvalue weighted by atomic mass is 16.5. The summed E-state index contributed by atoms with van der Waals surface area (Å²) in [6.45, 7) is 5.68. The summed E-state index contributed by atoms with van der Waals surface area (Å²) >= 11 is 0. The fraction of sp³-hybridized carbons (Fsp3) is 0.750. The molecule has 5 heteroatoms. The van der Waals surface area contributed by atoms with Crippen LogP contribution in [0.1, 0.15) is 51.0 Å². The zero-order valence-corrected chi connectivity index (χ0v) is 13.6. The summed E-state index contributed by atoms with van der Waals surface area (Å²) in [4.78, 5) is 9.39. The molecule has 118 valence electrons. The first kappa shape index (κ1) is 16.2. The normalized spacial score (nSPS) is 25.8. The summed E-state index contributed by atoms with van der Waals surface area (Å²) in [7, 11) is 3.46. The van der Waals surface area contributed by atoms with Crippen LogP contribution in [0.25, 0.3) is 0 Å². The Kier molecular flexibility index (Phi) is 5.53. The fourth-order valence-corrected chi connectivity index (χ4v) is 2.94. The summed E-state index contributed by atoms with van der Waals surface area (Å²) in [5, 5.41) is 3.27. The van der Waals surface area contributed by atoms with Gasteiger partial charge in [-0.15, -0.1) is 0 Å². The van der Waals surface area contributed by atoms with Crippen LogP contribution in [0.5, 0.6) is 0 Å². The van der Waals surface area contributed by atoms with Gasteiger partial charge in [0.25, 0.3) is 0 Å². The summed E-state index contributed by atoms with van der Waals surface area (Å²) in [5.41, 5.74) is 0.550. The predicted molar refractivity (Wildman–Crippen MR) is 83.2 cm³/mol. The maximum atomic E-state index is 5.89. The summed E-state index contributed by atoms with van der Waals surface area (Å²) in [5.74, 6) is 2.40. The summed E-state index contributed by atoms with van der Waals surface area (Å²) < 4.78 is 11.1. The number of methoxy groups -OCH3 is 2. The average molecular weight is 293 g/mol. The topological polar surface area (TPSA) is 56.3 Å². The Morgan fingerprint density at radius 1 is 1.29 bits per heavy atom. The van der Waals surface area contributed by atoms with Gasteiger partial charge in [0.05, 0.1) is 12.3 Å².